The van der Waals surface area contributed by atoms with E-state index < -0.39 is 0 Å². The van der Waals surface area contributed by atoms with Gasteiger partial charge in [-0.15, -0.1) is 0 Å². The van der Waals surface area contributed by atoms with Crippen LogP contribution in [-0.4, -0.2) is 43.1 Å². The normalized spacial score (nSPS) is 18.9. The third-order valence-corrected chi connectivity index (χ3v) is 5.64. The van der Waals surface area contributed by atoms with Gasteiger partial charge in [0.05, 0.1) is 11.2 Å². The number of benzene rings is 1. The zero-order chi connectivity index (χ0) is 17.1. The van der Waals surface area contributed by atoms with Crippen LogP contribution in [0, 0.1) is 6.92 Å². The van der Waals surface area contributed by atoms with Crippen LogP contribution in [0.25, 0.3) is 10.9 Å². The Hall–Kier alpha value is -1.61. The van der Waals surface area contributed by atoms with Crippen molar-refractivity contribution < 1.29 is 0 Å². The second-order valence-electron chi connectivity index (χ2n) is 7.24. The largest absolute Gasteiger partial charge is 0.374 e. The van der Waals surface area contributed by atoms with Crippen molar-refractivity contribution in [2.45, 2.75) is 52.0 Å². The molecule has 2 heterocycles. The summed E-state index contributed by atoms with van der Waals surface area (Å²) in [6.07, 6.45) is 6.32. The van der Waals surface area contributed by atoms with Crippen LogP contribution in [0.3, 0.4) is 0 Å². The van der Waals surface area contributed by atoms with E-state index in [1.165, 1.54) is 54.6 Å². The Kier molecular flexibility index (Phi) is 5.40. The van der Waals surface area contributed by atoms with Gasteiger partial charge in [0, 0.05) is 30.7 Å². The third-order valence-electron chi connectivity index (χ3n) is 5.64. The molecule has 0 bridgehead atoms. The Morgan fingerprint density at radius 1 is 1.25 bits per heavy atom. The predicted molar refractivity (Wildman–Crippen MR) is 104 cm³/mol. The number of likely N-dealkylation sites (tertiary alicyclic amines) is 1. The Labute approximate surface area is 146 Å². The van der Waals surface area contributed by atoms with Crippen molar-refractivity contribution >= 4 is 16.6 Å². The quantitative estimate of drug-likeness (QED) is 0.811. The summed E-state index contributed by atoms with van der Waals surface area (Å²) in [6.45, 7) is 6.79. The molecule has 3 heteroatoms. The van der Waals surface area contributed by atoms with Crippen molar-refractivity contribution in [3.8, 4) is 0 Å². The zero-order valence-corrected chi connectivity index (χ0v) is 15.7. The van der Waals surface area contributed by atoms with Crippen LogP contribution < -0.4 is 4.90 Å². The zero-order valence-electron chi connectivity index (χ0n) is 15.7. The standard InChI is InChI=1S/C21H31N3/c1-5-19-16(2)21(18-11-6-7-12-20(18)22-19)24(4)15-13-17-10-8-9-14-23(17)3/h6-7,11-12,17H,5,8-10,13-15H2,1-4H3. The lowest BCUT2D eigenvalue weighted by atomic mass is 9.99. The second-order valence-corrected chi connectivity index (χ2v) is 7.24. The summed E-state index contributed by atoms with van der Waals surface area (Å²) in [7, 11) is 4.53. The SMILES string of the molecule is CCc1nc2ccccc2c(N(C)CCC2CCCCN2C)c1C. The number of pyridine rings is 1. The fraction of sp³-hybridized carbons (Fsp3) is 0.571. The van der Waals surface area contributed by atoms with Gasteiger partial charge in [0.25, 0.3) is 0 Å². The summed E-state index contributed by atoms with van der Waals surface area (Å²) >= 11 is 0. The molecule has 1 aromatic heterocycles. The van der Waals surface area contributed by atoms with Gasteiger partial charge in [0.1, 0.15) is 0 Å². The Balaban J connectivity index is 1.85. The molecular formula is C21H31N3. The molecule has 2 aromatic rings. The van der Waals surface area contributed by atoms with E-state index in [0.29, 0.717) is 0 Å². The van der Waals surface area contributed by atoms with Crippen LogP contribution in [0.4, 0.5) is 5.69 Å². The molecular weight excluding hydrogens is 294 g/mol. The fourth-order valence-electron chi connectivity index (χ4n) is 4.14. The maximum atomic E-state index is 4.86. The number of hydrogen-bond donors (Lipinski definition) is 0. The van der Waals surface area contributed by atoms with Gasteiger partial charge in [-0.3, -0.25) is 4.98 Å². The van der Waals surface area contributed by atoms with Crippen molar-refractivity contribution in [2.75, 3.05) is 32.1 Å². The number of aromatic nitrogens is 1. The summed E-state index contributed by atoms with van der Waals surface area (Å²) in [6, 6.07) is 9.31. The lowest BCUT2D eigenvalue weighted by Gasteiger charge is -2.34. The molecule has 1 aliphatic rings. The fourth-order valence-corrected chi connectivity index (χ4v) is 4.14. The van der Waals surface area contributed by atoms with Gasteiger partial charge in [-0.1, -0.05) is 31.5 Å². The van der Waals surface area contributed by atoms with E-state index in [1.54, 1.807) is 0 Å². The van der Waals surface area contributed by atoms with Crippen LogP contribution in [0.5, 0.6) is 0 Å². The van der Waals surface area contributed by atoms with E-state index in [0.717, 1.165) is 24.5 Å². The van der Waals surface area contributed by atoms with Crippen LogP contribution in [0.2, 0.25) is 0 Å². The highest BCUT2D eigenvalue weighted by Gasteiger charge is 2.20. The number of fused-ring (bicyclic) bond motifs is 1. The molecule has 3 rings (SSSR count). The highest BCUT2D eigenvalue weighted by Crippen LogP contribution is 2.31. The van der Waals surface area contributed by atoms with Crippen LogP contribution >= 0.6 is 0 Å². The van der Waals surface area contributed by atoms with Gasteiger partial charge in [-0.05, 0) is 57.8 Å². The van der Waals surface area contributed by atoms with Crippen LogP contribution in [-0.2, 0) is 6.42 Å². The third kappa shape index (κ3) is 3.41. The molecule has 0 amide bonds. The number of rotatable bonds is 5. The molecule has 0 radical (unpaired) electrons. The summed E-state index contributed by atoms with van der Waals surface area (Å²) in [5, 5.41) is 1.28. The van der Waals surface area contributed by atoms with Crippen LogP contribution in [0.1, 0.15) is 43.9 Å². The molecule has 1 unspecified atom stereocenters. The first-order valence-corrected chi connectivity index (χ1v) is 9.41. The Bertz CT molecular complexity index is 695. The van der Waals surface area contributed by atoms with E-state index in [4.69, 9.17) is 4.98 Å². The average Bonchev–Trinajstić information content (AvgIpc) is 2.60. The molecule has 0 aliphatic carbocycles. The number of aryl methyl sites for hydroxylation is 1. The minimum atomic E-state index is 0.736. The molecule has 0 saturated carbocycles. The maximum Gasteiger partial charge on any atom is 0.0726 e. The van der Waals surface area contributed by atoms with E-state index in [-0.39, 0.29) is 0 Å². The molecule has 130 valence electrons. The maximum absolute atomic E-state index is 4.86. The molecule has 1 aromatic carbocycles. The first-order valence-electron chi connectivity index (χ1n) is 9.41. The lowest BCUT2D eigenvalue weighted by molar-refractivity contribution is 0.178. The van der Waals surface area contributed by atoms with E-state index in [9.17, 15) is 0 Å². The van der Waals surface area contributed by atoms with Gasteiger partial charge < -0.3 is 9.80 Å². The average molecular weight is 326 g/mol. The van der Waals surface area contributed by atoms with Gasteiger partial charge in [0.15, 0.2) is 0 Å². The van der Waals surface area contributed by atoms with Gasteiger partial charge in [-0.25, -0.2) is 0 Å². The first kappa shape index (κ1) is 17.2. The number of anilines is 1. The predicted octanol–water partition coefficient (Wildman–Crippen LogP) is 4.42. The van der Waals surface area contributed by atoms with Gasteiger partial charge in [-0.2, -0.15) is 0 Å². The number of hydrogen-bond acceptors (Lipinski definition) is 3. The molecule has 1 atom stereocenters. The first-order chi connectivity index (χ1) is 11.6. The van der Waals surface area contributed by atoms with Crippen molar-refractivity contribution in [1.29, 1.82) is 0 Å². The minimum absolute atomic E-state index is 0.736. The molecule has 1 aliphatic heterocycles. The smallest absolute Gasteiger partial charge is 0.0726 e. The molecule has 1 saturated heterocycles. The van der Waals surface area contributed by atoms with Gasteiger partial charge >= 0.3 is 0 Å². The van der Waals surface area contributed by atoms with Crippen molar-refractivity contribution in [2.24, 2.45) is 0 Å². The van der Waals surface area contributed by atoms with E-state index >= 15 is 0 Å². The summed E-state index contributed by atoms with van der Waals surface area (Å²) < 4.78 is 0. The molecule has 3 nitrogen and oxygen atoms in total. The van der Waals surface area contributed by atoms with Crippen LogP contribution in [0.15, 0.2) is 24.3 Å². The van der Waals surface area contributed by atoms with Crippen molar-refractivity contribution in [3.63, 3.8) is 0 Å². The van der Waals surface area contributed by atoms with E-state index in [2.05, 4.69) is 62.0 Å². The molecule has 0 N–H and O–H groups in total. The lowest BCUT2D eigenvalue weighted by Crippen LogP contribution is -2.38. The monoisotopic (exact) mass is 325 g/mol. The summed E-state index contributed by atoms with van der Waals surface area (Å²) in [5.74, 6) is 0. The number of para-hydroxylation sites is 1. The number of nitrogens with zero attached hydrogens (tertiary/aromatic N) is 3. The Morgan fingerprint density at radius 2 is 2.04 bits per heavy atom. The highest BCUT2D eigenvalue weighted by molar-refractivity contribution is 5.93. The number of piperidine rings is 1. The van der Waals surface area contributed by atoms with Gasteiger partial charge in [0.2, 0.25) is 0 Å². The summed E-state index contributed by atoms with van der Waals surface area (Å²) in [5.41, 5.74) is 5.06. The molecule has 24 heavy (non-hydrogen) atoms. The molecule has 0 spiro atoms. The van der Waals surface area contributed by atoms with E-state index in [1.807, 2.05) is 0 Å². The summed E-state index contributed by atoms with van der Waals surface area (Å²) in [4.78, 5) is 9.87. The minimum Gasteiger partial charge on any atom is -0.374 e. The van der Waals surface area contributed by atoms with Crippen molar-refractivity contribution in [3.05, 3.63) is 35.5 Å². The van der Waals surface area contributed by atoms with Crippen molar-refractivity contribution in [1.82, 2.24) is 9.88 Å². The highest BCUT2D eigenvalue weighted by atomic mass is 15.2. The second kappa shape index (κ2) is 7.52. The molecule has 1 fully saturated rings. The Morgan fingerprint density at radius 3 is 2.79 bits per heavy atom. The topological polar surface area (TPSA) is 19.4 Å².